The smallest absolute Gasteiger partial charge is 0.410 e. The van der Waals surface area contributed by atoms with E-state index in [-0.39, 0.29) is 23.8 Å². The summed E-state index contributed by atoms with van der Waals surface area (Å²) < 4.78 is 5.06. The molecule has 2 amide bonds. The molecular weight excluding hydrogens is 332 g/mol. The number of carbonyl (C=O) groups is 2. The minimum absolute atomic E-state index is 0.0404. The highest BCUT2D eigenvalue weighted by Crippen LogP contribution is 2.27. The van der Waals surface area contributed by atoms with E-state index in [2.05, 4.69) is 0 Å². The predicted molar refractivity (Wildman–Crippen MR) is 96.0 cm³/mol. The third-order valence-corrected chi connectivity index (χ3v) is 5.04. The summed E-state index contributed by atoms with van der Waals surface area (Å²) in [5, 5.41) is 9.70. The number of phenolic OH excluding ortho intramolecular Hbond substituents is 1. The van der Waals surface area contributed by atoms with Crippen LogP contribution in [0.2, 0.25) is 0 Å². The van der Waals surface area contributed by atoms with Crippen molar-refractivity contribution in [2.24, 2.45) is 0 Å². The highest BCUT2D eigenvalue weighted by atomic mass is 16.6. The van der Waals surface area contributed by atoms with E-state index in [1.54, 1.807) is 15.9 Å². The lowest BCUT2D eigenvalue weighted by Gasteiger charge is -2.35. The number of hydrogen-bond acceptors (Lipinski definition) is 4. The molecule has 26 heavy (non-hydrogen) atoms. The number of benzene rings is 2. The molecule has 6 nitrogen and oxygen atoms in total. The molecule has 134 valence electrons. The molecule has 4 rings (SSSR count). The van der Waals surface area contributed by atoms with Crippen molar-refractivity contribution < 1.29 is 19.4 Å². The third-order valence-electron chi connectivity index (χ3n) is 5.04. The second-order valence-electron chi connectivity index (χ2n) is 6.76. The molecule has 1 unspecified atom stereocenters. The molecule has 1 atom stereocenters. The number of fused-ring (bicyclic) bond motifs is 1. The molecule has 6 heteroatoms. The molecule has 2 heterocycles. The Morgan fingerprint density at radius 1 is 1.15 bits per heavy atom. The molecule has 2 aliphatic rings. The van der Waals surface area contributed by atoms with Gasteiger partial charge in [0.25, 0.3) is 5.91 Å². The molecule has 2 aromatic rings. The lowest BCUT2D eigenvalue weighted by Crippen LogP contribution is -2.53. The molecule has 2 aromatic carbocycles. The summed E-state index contributed by atoms with van der Waals surface area (Å²) in [6, 6.07) is 12.8. The largest absolute Gasteiger partial charge is 0.508 e. The number of carbonyl (C=O) groups excluding carboxylic acids is 2. The molecule has 2 saturated heterocycles. The molecule has 1 N–H and O–H groups in total. The van der Waals surface area contributed by atoms with Gasteiger partial charge >= 0.3 is 6.09 Å². The molecule has 0 radical (unpaired) electrons. The normalized spacial score (nSPS) is 19.3. The van der Waals surface area contributed by atoms with Crippen LogP contribution in [0, 0.1) is 6.92 Å². The van der Waals surface area contributed by atoms with Crippen LogP contribution in [0.3, 0.4) is 0 Å². The van der Waals surface area contributed by atoms with Gasteiger partial charge in [-0.05, 0) is 47.9 Å². The Labute approximate surface area is 151 Å². The lowest BCUT2D eigenvalue weighted by atomic mass is 10.0. The number of amides is 2. The Morgan fingerprint density at radius 3 is 2.77 bits per heavy atom. The Hall–Kier alpha value is -3.02. The van der Waals surface area contributed by atoms with Crippen molar-refractivity contribution in [3.05, 3.63) is 53.6 Å². The van der Waals surface area contributed by atoms with E-state index in [1.165, 1.54) is 0 Å². The van der Waals surface area contributed by atoms with Crippen LogP contribution in [0.5, 0.6) is 5.75 Å². The van der Waals surface area contributed by atoms with E-state index < -0.39 is 0 Å². The highest BCUT2D eigenvalue weighted by Gasteiger charge is 2.38. The van der Waals surface area contributed by atoms with Crippen molar-refractivity contribution in [1.29, 1.82) is 0 Å². The molecule has 2 fully saturated rings. The average molecular weight is 352 g/mol. The fraction of sp³-hybridized carbons (Fsp3) is 0.300. The van der Waals surface area contributed by atoms with Crippen LogP contribution >= 0.6 is 0 Å². The number of nitrogens with zero attached hydrogens (tertiary/aromatic N) is 2. The zero-order chi connectivity index (χ0) is 18.3. The number of rotatable bonds is 2. The zero-order valence-corrected chi connectivity index (χ0v) is 14.5. The summed E-state index contributed by atoms with van der Waals surface area (Å²) >= 11 is 0. The van der Waals surface area contributed by atoms with Gasteiger partial charge in [0.1, 0.15) is 12.4 Å². The van der Waals surface area contributed by atoms with E-state index in [9.17, 15) is 14.7 Å². The van der Waals surface area contributed by atoms with Crippen molar-refractivity contribution in [2.75, 3.05) is 26.2 Å². The maximum atomic E-state index is 12.9. The highest BCUT2D eigenvalue weighted by molar-refractivity contribution is 5.95. The summed E-state index contributed by atoms with van der Waals surface area (Å²) in [6.45, 7) is 3.69. The quantitative estimate of drug-likeness (QED) is 0.902. The lowest BCUT2D eigenvalue weighted by molar-refractivity contribution is 0.0617. The molecular formula is C20H20N2O4. The Bertz CT molecular complexity index is 880. The summed E-state index contributed by atoms with van der Waals surface area (Å²) in [7, 11) is 0. The van der Waals surface area contributed by atoms with Crippen LogP contribution in [0.15, 0.2) is 42.5 Å². The van der Waals surface area contributed by atoms with Gasteiger partial charge in [-0.25, -0.2) is 4.79 Å². The number of aryl methyl sites for hydroxylation is 1. The molecule has 0 spiro atoms. The fourth-order valence-electron chi connectivity index (χ4n) is 3.52. The number of aromatic hydroxyl groups is 1. The zero-order valence-electron chi connectivity index (χ0n) is 14.5. The van der Waals surface area contributed by atoms with Crippen LogP contribution in [0.4, 0.5) is 4.79 Å². The molecule has 0 bridgehead atoms. The second kappa shape index (κ2) is 6.37. The van der Waals surface area contributed by atoms with Crippen molar-refractivity contribution in [2.45, 2.75) is 13.0 Å². The van der Waals surface area contributed by atoms with Crippen LogP contribution in [-0.2, 0) is 4.74 Å². The Morgan fingerprint density at radius 2 is 1.96 bits per heavy atom. The first-order chi connectivity index (χ1) is 12.5. The van der Waals surface area contributed by atoms with Gasteiger partial charge in [-0.15, -0.1) is 0 Å². The monoisotopic (exact) mass is 352 g/mol. The average Bonchev–Trinajstić information content (AvgIpc) is 3.04. The van der Waals surface area contributed by atoms with Gasteiger partial charge in [-0.3, -0.25) is 9.69 Å². The van der Waals surface area contributed by atoms with Gasteiger partial charge in [-0.1, -0.05) is 18.2 Å². The summed E-state index contributed by atoms with van der Waals surface area (Å²) in [6.07, 6.45) is -0.285. The Balaban J connectivity index is 1.55. The van der Waals surface area contributed by atoms with Gasteiger partial charge in [0.05, 0.1) is 6.04 Å². The minimum Gasteiger partial charge on any atom is -0.508 e. The van der Waals surface area contributed by atoms with Gasteiger partial charge < -0.3 is 14.7 Å². The van der Waals surface area contributed by atoms with E-state index in [4.69, 9.17) is 4.74 Å². The topological polar surface area (TPSA) is 70.1 Å². The molecule has 0 aromatic heterocycles. The first-order valence-corrected chi connectivity index (χ1v) is 8.65. The number of cyclic esters (lactones) is 1. The number of hydrogen-bond donors (Lipinski definition) is 1. The standard InChI is InChI=1S/C20H20N2O4/c1-13-9-15(5-6-18(13)23)14-3-2-4-16(10-14)19(24)21-7-8-22-17(11-21)12-26-20(22)25/h2-6,9-10,17,23H,7-8,11-12H2,1H3. The summed E-state index contributed by atoms with van der Waals surface area (Å²) in [4.78, 5) is 28.0. The van der Waals surface area contributed by atoms with E-state index in [0.717, 1.165) is 16.7 Å². The van der Waals surface area contributed by atoms with Crippen molar-refractivity contribution in [1.82, 2.24) is 9.80 Å². The number of phenols is 1. The molecule has 0 aliphatic carbocycles. The first kappa shape index (κ1) is 16.4. The maximum Gasteiger partial charge on any atom is 0.410 e. The van der Waals surface area contributed by atoms with E-state index in [0.29, 0.717) is 31.8 Å². The van der Waals surface area contributed by atoms with Gasteiger partial charge in [-0.2, -0.15) is 0 Å². The molecule has 2 aliphatic heterocycles. The van der Waals surface area contributed by atoms with Gasteiger partial charge in [0.15, 0.2) is 0 Å². The SMILES string of the molecule is Cc1cc(-c2cccc(C(=O)N3CCN4C(=O)OCC4C3)c2)ccc1O. The van der Waals surface area contributed by atoms with Crippen molar-refractivity contribution in [3.8, 4) is 16.9 Å². The van der Waals surface area contributed by atoms with Crippen LogP contribution in [-0.4, -0.2) is 59.2 Å². The molecule has 0 saturated carbocycles. The maximum absolute atomic E-state index is 12.9. The first-order valence-electron chi connectivity index (χ1n) is 8.65. The van der Waals surface area contributed by atoms with Gasteiger partial charge in [0, 0.05) is 25.2 Å². The summed E-state index contributed by atoms with van der Waals surface area (Å²) in [5.41, 5.74) is 3.29. The third kappa shape index (κ3) is 2.87. The van der Waals surface area contributed by atoms with Crippen LogP contribution in [0.25, 0.3) is 11.1 Å². The van der Waals surface area contributed by atoms with E-state index >= 15 is 0 Å². The number of piperazine rings is 1. The second-order valence-corrected chi connectivity index (χ2v) is 6.76. The van der Waals surface area contributed by atoms with Crippen LogP contribution in [0.1, 0.15) is 15.9 Å². The Kier molecular flexibility index (Phi) is 4.03. The fourth-order valence-corrected chi connectivity index (χ4v) is 3.52. The van der Waals surface area contributed by atoms with E-state index in [1.807, 2.05) is 43.3 Å². The van der Waals surface area contributed by atoms with Crippen molar-refractivity contribution in [3.63, 3.8) is 0 Å². The minimum atomic E-state index is -0.285. The predicted octanol–water partition coefficient (Wildman–Crippen LogP) is 2.64. The van der Waals surface area contributed by atoms with Gasteiger partial charge in [0.2, 0.25) is 0 Å². The number of ether oxygens (including phenoxy) is 1. The van der Waals surface area contributed by atoms with Crippen molar-refractivity contribution >= 4 is 12.0 Å². The van der Waals surface area contributed by atoms with Crippen LogP contribution < -0.4 is 0 Å². The summed E-state index contributed by atoms with van der Waals surface area (Å²) in [5.74, 6) is 0.216.